The Labute approximate surface area is 87.7 Å². The summed E-state index contributed by atoms with van der Waals surface area (Å²) in [5.41, 5.74) is 7.64. The lowest BCUT2D eigenvalue weighted by Crippen LogP contribution is -2.06. The number of nitrogens with one attached hydrogen (secondary N) is 2. The van der Waals surface area contributed by atoms with Crippen LogP contribution in [0.1, 0.15) is 18.5 Å². The summed E-state index contributed by atoms with van der Waals surface area (Å²) in [4.78, 5) is 3.93. The molecule has 1 unspecified atom stereocenters. The van der Waals surface area contributed by atoms with Crippen molar-refractivity contribution >= 4 is 11.5 Å². The molecule has 0 radical (unpaired) electrons. The van der Waals surface area contributed by atoms with Gasteiger partial charge in [-0.15, -0.1) is 0 Å². The molecule has 5 nitrogen and oxygen atoms in total. The molecule has 2 rings (SSSR count). The Morgan fingerprint density at radius 1 is 1.53 bits per heavy atom. The second-order valence-electron chi connectivity index (χ2n) is 3.37. The summed E-state index contributed by atoms with van der Waals surface area (Å²) in [6.45, 7) is 2.06. The summed E-state index contributed by atoms with van der Waals surface area (Å²) in [5, 5.41) is 9.99. The van der Waals surface area contributed by atoms with Crippen molar-refractivity contribution in [3.8, 4) is 0 Å². The summed E-state index contributed by atoms with van der Waals surface area (Å²) >= 11 is 0. The fourth-order valence-corrected chi connectivity index (χ4v) is 1.37. The first-order chi connectivity index (χ1) is 7.25. The van der Waals surface area contributed by atoms with Gasteiger partial charge in [0.2, 0.25) is 0 Å². The number of rotatable bonds is 3. The lowest BCUT2D eigenvalue weighted by Gasteiger charge is -2.13. The highest BCUT2D eigenvalue weighted by Crippen LogP contribution is 2.18. The van der Waals surface area contributed by atoms with E-state index in [0.717, 1.165) is 11.3 Å². The predicted molar refractivity (Wildman–Crippen MR) is 59.3 cm³/mol. The first kappa shape index (κ1) is 9.51. The molecule has 2 aromatic rings. The molecule has 2 aromatic heterocycles. The standard InChI is InChI=1S/C10H13N5/c1-7(8-5-13-14-6-8)15-9-2-3-12-10(11)4-9/h2-7H,1H3,(H,13,14)(H3,11,12,15). The molecule has 78 valence electrons. The third-order valence-electron chi connectivity index (χ3n) is 2.18. The zero-order valence-corrected chi connectivity index (χ0v) is 8.44. The van der Waals surface area contributed by atoms with Crippen molar-refractivity contribution in [2.75, 3.05) is 11.1 Å². The zero-order chi connectivity index (χ0) is 10.7. The van der Waals surface area contributed by atoms with Gasteiger partial charge in [0.05, 0.1) is 12.2 Å². The maximum Gasteiger partial charge on any atom is 0.125 e. The van der Waals surface area contributed by atoms with Crippen LogP contribution in [0.15, 0.2) is 30.7 Å². The second-order valence-corrected chi connectivity index (χ2v) is 3.37. The SMILES string of the molecule is CC(Nc1ccnc(N)c1)c1cn[nH]c1. The molecule has 0 fully saturated rings. The van der Waals surface area contributed by atoms with Crippen LogP contribution < -0.4 is 11.1 Å². The van der Waals surface area contributed by atoms with E-state index in [2.05, 4.69) is 27.4 Å². The van der Waals surface area contributed by atoms with Crippen molar-refractivity contribution in [1.82, 2.24) is 15.2 Å². The van der Waals surface area contributed by atoms with Gasteiger partial charge in [-0.3, -0.25) is 5.10 Å². The van der Waals surface area contributed by atoms with E-state index in [1.54, 1.807) is 18.5 Å². The molecule has 0 spiro atoms. The predicted octanol–water partition coefficient (Wildman–Crippen LogP) is 1.56. The summed E-state index contributed by atoms with van der Waals surface area (Å²) < 4.78 is 0. The van der Waals surface area contributed by atoms with Crippen LogP contribution >= 0.6 is 0 Å². The Hall–Kier alpha value is -2.04. The monoisotopic (exact) mass is 203 g/mol. The van der Waals surface area contributed by atoms with Crippen molar-refractivity contribution in [1.29, 1.82) is 0 Å². The van der Waals surface area contributed by atoms with Gasteiger partial charge in [0.25, 0.3) is 0 Å². The van der Waals surface area contributed by atoms with Gasteiger partial charge in [-0.25, -0.2) is 4.98 Å². The highest BCUT2D eigenvalue weighted by atomic mass is 15.1. The van der Waals surface area contributed by atoms with Crippen LogP contribution in [-0.4, -0.2) is 15.2 Å². The first-order valence-corrected chi connectivity index (χ1v) is 4.72. The number of hydrogen-bond donors (Lipinski definition) is 3. The molecule has 0 saturated carbocycles. The van der Waals surface area contributed by atoms with Gasteiger partial charge in [-0.05, 0) is 13.0 Å². The minimum atomic E-state index is 0.186. The minimum absolute atomic E-state index is 0.186. The van der Waals surface area contributed by atoms with Crippen molar-refractivity contribution < 1.29 is 0 Å². The number of H-pyrrole nitrogens is 1. The van der Waals surface area contributed by atoms with E-state index >= 15 is 0 Å². The Kier molecular flexibility index (Phi) is 2.53. The molecule has 0 aliphatic carbocycles. The molecule has 15 heavy (non-hydrogen) atoms. The van der Waals surface area contributed by atoms with Crippen molar-refractivity contribution in [2.24, 2.45) is 0 Å². The molecule has 4 N–H and O–H groups in total. The maximum atomic E-state index is 5.58. The number of nitrogen functional groups attached to an aromatic ring is 1. The third-order valence-corrected chi connectivity index (χ3v) is 2.18. The summed E-state index contributed by atoms with van der Waals surface area (Å²) in [6, 6.07) is 3.87. The highest BCUT2D eigenvalue weighted by molar-refractivity contribution is 5.50. The molecule has 0 saturated heterocycles. The molecule has 1 atom stereocenters. The van der Waals surface area contributed by atoms with Gasteiger partial charge >= 0.3 is 0 Å². The van der Waals surface area contributed by atoms with Crippen molar-refractivity contribution in [3.63, 3.8) is 0 Å². The summed E-state index contributed by atoms with van der Waals surface area (Å²) in [7, 11) is 0. The number of nitrogens with zero attached hydrogens (tertiary/aromatic N) is 2. The fraction of sp³-hybridized carbons (Fsp3) is 0.200. The molecular formula is C10H13N5. The average Bonchev–Trinajstić information content (AvgIpc) is 2.70. The van der Waals surface area contributed by atoms with Crippen LogP contribution in [0, 0.1) is 0 Å². The molecule has 0 aromatic carbocycles. The van der Waals surface area contributed by atoms with Gasteiger partial charge in [-0.1, -0.05) is 0 Å². The van der Waals surface area contributed by atoms with Crippen LogP contribution in [-0.2, 0) is 0 Å². The van der Waals surface area contributed by atoms with E-state index < -0.39 is 0 Å². The minimum Gasteiger partial charge on any atom is -0.384 e. The smallest absolute Gasteiger partial charge is 0.125 e. The highest BCUT2D eigenvalue weighted by Gasteiger charge is 2.05. The summed E-state index contributed by atoms with van der Waals surface area (Å²) in [6.07, 6.45) is 5.34. The molecule has 0 aliphatic rings. The normalized spacial score (nSPS) is 12.3. The molecule has 0 bridgehead atoms. The fourth-order valence-electron chi connectivity index (χ4n) is 1.37. The number of anilines is 2. The molecule has 0 aliphatic heterocycles. The number of aromatic nitrogens is 3. The van der Waals surface area contributed by atoms with Gasteiger partial charge in [0.1, 0.15) is 5.82 Å². The van der Waals surface area contributed by atoms with Gasteiger partial charge < -0.3 is 11.1 Å². The first-order valence-electron chi connectivity index (χ1n) is 4.72. The van der Waals surface area contributed by atoms with E-state index in [0.29, 0.717) is 5.82 Å². The average molecular weight is 203 g/mol. The van der Waals surface area contributed by atoms with E-state index in [9.17, 15) is 0 Å². The maximum absolute atomic E-state index is 5.58. The lowest BCUT2D eigenvalue weighted by atomic mass is 10.2. The van der Waals surface area contributed by atoms with Crippen LogP contribution in [0.5, 0.6) is 0 Å². The van der Waals surface area contributed by atoms with Crippen LogP contribution in [0.2, 0.25) is 0 Å². The molecule has 0 amide bonds. The topological polar surface area (TPSA) is 79.6 Å². The Morgan fingerprint density at radius 3 is 3.07 bits per heavy atom. The van der Waals surface area contributed by atoms with Gasteiger partial charge in [-0.2, -0.15) is 5.10 Å². The second kappa shape index (κ2) is 4.00. The van der Waals surface area contributed by atoms with Gasteiger partial charge in [0.15, 0.2) is 0 Å². The molecular weight excluding hydrogens is 190 g/mol. The van der Waals surface area contributed by atoms with Crippen molar-refractivity contribution in [3.05, 3.63) is 36.3 Å². The molecule has 2 heterocycles. The number of pyridine rings is 1. The zero-order valence-electron chi connectivity index (χ0n) is 8.44. The largest absolute Gasteiger partial charge is 0.384 e. The Bertz CT molecular complexity index is 423. The van der Waals surface area contributed by atoms with Crippen LogP contribution in [0.4, 0.5) is 11.5 Å². The number of aromatic amines is 1. The van der Waals surface area contributed by atoms with E-state index in [1.807, 2.05) is 12.3 Å². The quantitative estimate of drug-likeness (QED) is 0.707. The Morgan fingerprint density at radius 2 is 2.40 bits per heavy atom. The van der Waals surface area contributed by atoms with E-state index in [-0.39, 0.29) is 6.04 Å². The number of nitrogens with two attached hydrogens (primary N) is 1. The van der Waals surface area contributed by atoms with Crippen molar-refractivity contribution in [2.45, 2.75) is 13.0 Å². The third kappa shape index (κ3) is 2.25. The Balaban J connectivity index is 2.09. The van der Waals surface area contributed by atoms with Gasteiger partial charge in [0, 0.05) is 29.7 Å². The summed E-state index contributed by atoms with van der Waals surface area (Å²) in [5.74, 6) is 0.513. The van der Waals surface area contributed by atoms with E-state index in [1.165, 1.54) is 0 Å². The lowest BCUT2D eigenvalue weighted by molar-refractivity contribution is 0.885. The molecule has 5 heteroatoms. The van der Waals surface area contributed by atoms with Crippen LogP contribution in [0.25, 0.3) is 0 Å². The van der Waals surface area contributed by atoms with Crippen LogP contribution in [0.3, 0.4) is 0 Å². The van der Waals surface area contributed by atoms with E-state index in [4.69, 9.17) is 5.73 Å². The number of hydrogen-bond acceptors (Lipinski definition) is 4.